The average Bonchev–Trinajstić information content (AvgIpc) is 3.05. The van der Waals surface area contributed by atoms with Gasteiger partial charge in [-0.3, -0.25) is 4.79 Å². The highest BCUT2D eigenvalue weighted by molar-refractivity contribution is 5.94. The molecule has 0 saturated heterocycles. The van der Waals surface area contributed by atoms with Crippen LogP contribution >= 0.6 is 0 Å². The fourth-order valence-corrected chi connectivity index (χ4v) is 2.06. The summed E-state index contributed by atoms with van der Waals surface area (Å²) in [5, 5.41) is 10.7. The predicted octanol–water partition coefficient (Wildman–Crippen LogP) is 3.07. The van der Waals surface area contributed by atoms with E-state index in [9.17, 15) is 4.79 Å². The molecule has 3 rings (SSSR count). The zero-order chi connectivity index (χ0) is 15.5. The van der Waals surface area contributed by atoms with Gasteiger partial charge in [0.1, 0.15) is 0 Å². The summed E-state index contributed by atoms with van der Waals surface area (Å²) in [6.07, 6.45) is 0. The second-order valence-electron chi connectivity index (χ2n) is 4.93. The van der Waals surface area contributed by atoms with Crippen molar-refractivity contribution in [1.82, 2.24) is 15.5 Å². The van der Waals surface area contributed by atoms with Gasteiger partial charge in [-0.05, 0) is 43.3 Å². The summed E-state index contributed by atoms with van der Waals surface area (Å²) in [5.74, 6) is 0.779. The normalized spacial score (nSPS) is 10.5. The van der Waals surface area contributed by atoms with Crippen LogP contribution in [0.5, 0.6) is 0 Å². The molecule has 1 heterocycles. The van der Waals surface area contributed by atoms with Gasteiger partial charge in [-0.2, -0.15) is 0 Å². The van der Waals surface area contributed by atoms with Gasteiger partial charge in [0.15, 0.2) is 0 Å². The third-order valence-corrected chi connectivity index (χ3v) is 3.34. The molecule has 5 heteroatoms. The lowest BCUT2D eigenvalue weighted by molar-refractivity contribution is 0.0963. The number of hydrogen-bond donors (Lipinski definition) is 1. The molecule has 0 fully saturated rings. The summed E-state index contributed by atoms with van der Waals surface area (Å²) >= 11 is 0. The van der Waals surface area contributed by atoms with E-state index in [1.165, 1.54) is 5.56 Å². The fourth-order valence-electron chi connectivity index (χ4n) is 2.06. The van der Waals surface area contributed by atoms with Crippen LogP contribution in [0, 0.1) is 6.92 Å². The Bertz CT molecular complexity index is 790. The number of amides is 1. The smallest absolute Gasteiger partial charge is 0.251 e. The molecule has 0 spiro atoms. The quantitative estimate of drug-likeness (QED) is 0.805. The van der Waals surface area contributed by atoms with Crippen LogP contribution in [0.1, 0.15) is 15.9 Å². The fraction of sp³-hybridized carbons (Fsp3) is 0.118. The van der Waals surface area contributed by atoms with Crippen LogP contribution in [0.4, 0.5) is 0 Å². The summed E-state index contributed by atoms with van der Waals surface area (Å²) in [6.45, 7) is 2.02. The molecule has 0 radical (unpaired) electrons. The first-order valence-corrected chi connectivity index (χ1v) is 6.90. The molecule has 0 unspecified atom stereocenters. The highest BCUT2D eigenvalue weighted by Crippen LogP contribution is 2.24. The number of benzene rings is 2. The summed E-state index contributed by atoms with van der Waals surface area (Å²) < 4.78 is 5.70. The van der Waals surface area contributed by atoms with Crippen LogP contribution in [0.15, 0.2) is 52.9 Å². The lowest BCUT2D eigenvalue weighted by Crippen LogP contribution is -2.17. The lowest BCUT2D eigenvalue weighted by atomic mass is 10.1. The van der Waals surface area contributed by atoms with Crippen molar-refractivity contribution < 1.29 is 9.21 Å². The van der Waals surface area contributed by atoms with Crippen LogP contribution in [0.25, 0.3) is 22.9 Å². The molecule has 3 aromatic rings. The standard InChI is InChI=1S/C17H15N3O2/c1-11-3-5-13(6-4-11)16-19-20-17(22-16)14-9-7-12(8-10-14)15(21)18-2/h3-10H,1-2H3,(H,18,21). The molecule has 0 atom stereocenters. The maximum absolute atomic E-state index is 11.5. The van der Waals surface area contributed by atoms with Gasteiger partial charge in [-0.1, -0.05) is 17.7 Å². The first kappa shape index (κ1) is 14.0. The minimum Gasteiger partial charge on any atom is -0.416 e. The maximum Gasteiger partial charge on any atom is 0.251 e. The van der Waals surface area contributed by atoms with E-state index >= 15 is 0 Å². The topological polar surface area (TPSA) is 68.0 Å². The first-order valence-electron chi connectivity index (χ1n) is 6.90. The Kier molecular flexibility index (Phi) is 3.70. The van der Waals surface area contributed by atoms with Crippen molar-refractivity contribution in [2.24, 2.45) is 0 Å². The van der Waals surface area contributed by atoms with Gasteiger partial charge in [0, 0.05) is 23.7 Å². The van der Waals surface area contributed by atoms with E-state index in [-0.39, 0.29) is 5.91 Å². The molecule has 1 amide bonds. The van der Waals surface area contributed by atoms with Crippen molar-refractivity contribution in [1.29, 1.82) is 0 Å². The van der Waals surface area contributed by atoms with Crippen LogP contribution in [0.3, 0.4) is 0 Å². The lowest BCUT2D eigenvalue weighted by Gasteiger charge is -2.00. The zero-order valence-corrected chi connectivity index (χ0v) is 12.3. The van der Waals surface area contributed by atoms with E-state index < -0.39 is 0 Å². The number of nitrogens with one attached hydrogen (secondary N) is 1. The van der Waals surface area contributed by atoms with Crippen molar-refractivity contribution in [2.75, 3.05) is 7.05 Å². The molecule has 110 valence electrons. The molecule has 1 aromatic heterocycles. The largest absolute Gasteiger partial charge is 0.416 e. The number of aryl methyl sites for hydroxylation is 1. The van der Waals surface area contributed by atoms with Gasteiger partial charge in [-0.15, -0.1) is 10.2 Å². The van der Waals surface area contributed by atoms with Gasteiger partial charge in [-0.25, -0.2) is 0 Å². The van der Waals surface area contributed by atoms with Gasteiger partial charge >= 0.3 is 0 Å². The van der Waals surface area contributed by atoms with Crippen molar-refractivity contribution in [3.8, 4) is 22.9 Å². The Labute approximate surface area is 128 Å². The van der Waals surface area contributed by atoms with E-state index in [2.05, 4.69) is 15.5 Å². The van der Waals surface area contributed by atoms with Gasteiger partial charge < -0.3 is 9.73 Å². The summed E-state index contributed by atoms with van der Waals surface area (Å²) in [4.78, 5) is 11.5. The molecule has 22 heavy (non-hydrogen) atoms. The molecule has 0 aliphatic carbocycles. The minimum atomic E-state index is -0.127. The molecule has 0 aliphatic rings. The van der Waals surface area contributed by atoms with Crippen molar-refractivity contribution in [3.63, 3.8) is 0 Å². The molecular weight excluding hydrogens is 278 g/mol. The van der Waals surface area contributed by atoms with E-state index in [4.69, 9.17) is 4.42 Å². The van der Waals surface area contributed by atoms with E-state index in [1.807, 2.05) is 31.2 Å². The predicted molar refractivity (Wildman–Crippen MR) is 83.3 cm³/mol. The van der Waals surface area contributed by atoms with Crippen molar-refractivity contribution in [3.05, 3.63) is 59.7 Å². The highest BCUT2D eigenvalue weighted by Gasteiger charge is 2.11. The number of carbonyl (C=O) groups is 1. The SMILES string of the molecule is CNC(=O)c1ccc(-c2nnc(-c3ccc(C)cc3)o2)cc1. The second-order valence-corrected chi connectivity index (χ2v) is 4.93. The van der Waals surface area contributed by atoms with E-state index in [1.54, 1.807) is 31.3 Å². The van der Waals surface area contributed by atoms with Gasteiger partial charge in [0.25, 0.3) is 5.91 Å². The van der Waals surface area contributed by atoms with E-state index in [0.29, 0.717) is 17.3 Å². The molecule has 5 nitrogen and oxygen atoms in total. The molecule has 0 saturated carbocycles. The van der Waals surface area contributed by atoms with Crippen LogP contribution < -0.4 is 5.32 Å². The third kappa shape index (κ3) is 2.74. The number of aromatic nitrogens is 2. The van der Waals surface area contributed by atoms with Gasteiger partial charge in [0.05, 0.1) is 0 Å². The zero-order valence-electron chi connectivity index (χ0n) is 12.3. The highest BCUT2D eigenvalue weighted by atomic mass is 16.4. The van der Waals surface area contributed by atoms with Crippen molar-refractivity contribution >= 4 is 5.91 Å². The maximum atomic E-state index is 11.5. The minimum absolute atomic E-state index is 0.127. The summed E-state index contributed by atoms with van der Waals surface area (Å²) in [5.41, 5.74) is 3.42. The Hall–Kier alpha value is -2.95. The van der Waals surface area contributed by atoms with Gasteiger partial charge in [0.2, 0.25) is 11.8 Å². The number of hydrogen-bond acceptors (Lipinski definition) is 4. The third-order valence-electron chi connectivity index (χ3n) is 3.34. The molecular formula is C17H15N3O2. The Morgan fingerprint density at radius 3 is 1.91 bits per heavy atom. The summed E-state index contributed by atoms with van der Waals surface area (Å²) in [6, 6.07) is 14.9. The Balaban J connectivity index is 1.87. The molecule has 0 aliphatic heterocycles. The molecule has 0 bridgehead atoms. The number of carbonyl (C=O) groups excluding carboxylic acids is 1. The van der Waals surface area contributed by atoms with Crippen molar-refractivity contribution in [2.45, 2.75) is 6.92 Å². The molecule has 2 aromatic carbocycles. The Morgan fingerprint density at radius 1 is 0.909 bits per heavy atom. The monoisotopic (exact) mass is 293 g/mol. The van der Waals surface area contributed by atoms with E-state index in [0.717, 1.165) is 11.1 Å². The summed E-state index contributed by atoms with van der Waals surface area (Å²) in [7, 11) is 1.60. The Morgan fingerprint density at radius 2 is 1.41 bits per heavy atom. The number of rotatable bonds is 3. The second kappa shape index (κ2) is 5.81. The van der Waals surface area contributed by atoms with Crippen LogP contribution in [-0.2, 0) is 0 Å². The van der Waals surface area contributed by atoms with Crippen LogP contribution in [0.2, 0.25) is 0 Å². The number of nitrogens with zero attached hydrogens (tertiary/aromatic N) is 2. The molecule has 1 N–H and O–H groups in total. The van der Waals surface area contributed by atoms with Crippen LogP contribution in [-0.4, -0.2) is 23.2 Å². The first-order chi connectivity index (χ1) is 10.7. The average molecular weight is 293 g/mol.